The summed E-state index contributed by atoms with van der Waals surface area (Å²) < 4.78 is 16.5. The lowest BCUT2D eigenvalue weighted by atomic mass is 9.90. The normalized spacial score (nSPS) is 17.6. The molecule has 1 saturated carbocycles. The van der Waals surface area contributed by atoms with E-state index in [2.05, 4.69) is 15.6 Å². The van der Waals surface area contributed by atoms with Gasteiger partial charge in [-0.05, 0) is 44.7 Å². The number of rotatable bonds is 11. The number of hydrogen-bond acceptors (Lipinski definition) is 9. The van der Waals surface area contributed by atoms with Crippen LogP contribution in [0.2, 0.25) is 10.0 Å². The van der Waals surface area contributed by atoms with E-state index in [0.717, 1.165) is 36.8 Å². The topological polar surface area (TPSA) is 135 Å². The minimum Gasteiger partial charge on any atom is -0.495 e. The van der Waals surface area contributed by atoms with Crippen LogP contribution in [-0.4, -0.2) is 59.8 Å². The SMILES string of the molecule is CCC(=O)Cc1cccc(CN2C(=O)N(c3c(Cl)c(OC)cc(OC)c3Cl)Cc3cnc(NC4CCCCC4NC(=O)OC(C)(C)C)nc32)c1. The fourth-order valence-electron chi connectivity index (χ4n) is 6.19. The van der Waals surface area contributed by atoms with Crippen LogP contribution >= 0.6 is 23.2 Å². The van der Waals surface area contributed by atoms with Crippen LogP contribution in [0.25, 0.3) is 0 Å². The Morgan fingerprint density at radius 2 is 1.66 bits per heavy atom. The molecule has 5 rings (SSSR count). The van der Waals surface area contributed by atoms with Gasteiger partial charge in [-0.1, -0.05) is 67.2 Å². The number of aromatic nitrogens is 2. The standard InChI is InChI=1S/C36H44Cl2N6O6/c1-7-24(45)16-21-11-10-12-22(15-21)19-44-32-23(20-43(35(44)47)31-29(37)27(48-5)17-28(49-6)30(31)38)18-39-33(42-32)40-25-13-8-9-14-26(25)41-34(46)50-36(2,3)4/h10-12,15,17-18,25-26H,7-9,13-14,16,19-20H2,1-6H3,(H,41,46)(H,39,40,42). The number of alkyl carbamates (subject to hydrolysis) is 1. The average molecular weight is 728 g/mol. The Labute approximate surface area is 302 Å². The third-order valence-electron chi connectivity index (χ3n) is 8.62. The van der Waals surface area contributed by atoms with E-state index in [0.29, 0.717) is 41.7 Å². The zero-order chi connectivity index (χ0) is 36.2. The molecule has 3 aromatic rings. The number of ketones is 1. The lowest BCUT2D eigenvalue weighted by Gasteiger charge is -2.37. The Morgan fingerprint density at radius 1 is 1.00 bits per heavy atom. The number of anilines is 3. The van der Waals surface area contributed by atoms with Crippen molar-refractivity contribution in [3.63, 3.8) is 0 Å². The monoisotopic (exact) mass is 726 g/mol. The molecule has 3 amide bonds. The molecule has 268 valence electrons. The molecule has 2 aliphatic rings. The number of methoxy groups -OCH3 is 2. The average Bonchev–Trinajstić information content (AvgIpc) is 3.07. The number of carbonyl (C=O) groups is 3. The van der Waals surface area contributed by atoms with Gasteiger partial charge in [-0.2, -0.15) is 4.98 Å². The minimum absolute atomic E-state index is 0.0675. The van der Waals surface area contributed by atoms with Gasteiger partial charge >= 0.3 is 12.1 Å². The third-order valence-corrected chi connectivity index (χ3v) is 9.35. The second-order valence-corrected chi connectivity index (χ2v) is 14.2. The van der Waals surface area contributed by atoms with Crippen molar-refractivity contribution in [3.05, 3.63) is 63.3 Å². The van der Waals surface area contributed by atoms with Crippen LogP contribution in [0.4, 0.5) is 27.0 Å². The molecule has 14 heteroatoms. The molecule has 2 atom stereocenters. The fraction of sp³-hybridized carbons (Fsp3) is 0.472. The Balaban J connectivity index is 1.52. The number of ether oxygens (including phenoxy) is 3. The summed E-state index contributed by atoms with van der Waals surface area (Å²) in [7, 11) is 2.94. The molecule has 2 N–H and O–H groups in total. The van der Waals surface area contributed by atoms with E-state index in [1.54, 1.807) is 17.2 Å². The van der Waals surface area contributed by atoms with E-state index in [1.165, 1.54) is 19.1 Å². The van der Waals surface area contributed by atoms with Crippen LogP contribution < -0.4 is 29.9 Å². The number of Topliss-reactive ketones (excluding diaryl/α,β-unsaturated/α-hetero) is 1. The Morgan fingerprint density at radius 3 is 2.30 bits per heavy atom. The summed E-state index contributed by atoms with van der Waals surface area (Å²) >= 11 is 13.6. The van der Waals surface area contributed by atoms with E-state index in [9.17, 15) is 14.4 Å². The Bertz CT molecular complexity index is 1720. The maximum absolute atomic E-state index is 14.6. The van der Waals surface area contributed by atoms with E-state index in [1.807, 2.05) is 52.0 Å². The summed E-state index contributed by atoms with van der Waals surface area (Å²) in [6.07, 6.45) is 5.41. The van der Waals surface area contributed by atoms with E-state index in [4.69, 9.17) is 42.4 Å². The van der Waals surface area contributed by atoms with Crippen LogP contribution in [0.3, 0.4) is 0 Å². The number of nitrogens with zero attached hydrogens (tertiary/aromatic N) is 4. The van der Waals surface area contributed by atoms with Crippen molar-refractivity contribution < 1.29 is 28.6 Å². The van der Waals surface area contributed by atoms with E-state index in [-0.39, 0.29) is 46.7 Å². The van der Waals surface area contributed by atoms with Gasteiger partial charge in [0.1, 0.15) is 38.7 Å². The molecule has 1 aliphatic heterocycles. The molecule has 2 aromatic carbocycles. The minimum atomic E-state index is -0.622. The number of amides is 3. The number of benzene rings is 2. The van der Waals surface area contributed by atoms with Crippen molar-refractivity contribution in [3.8, 4) is 11.5 Å². The molecule has 12 nitrogen and oxygen atoms in total. The molecule has 0 bridgehead atoms. The molecule has 2 unspecified atom stereocenters. The highest BCUT2D eigenvalue weighted by Crippen LogP contribution is 2.48. The van der Waals surface area contributed by atoms with Crippen LogP contribution in [0.1, 0.15) is 76.5 Å². The largest absolute Gasteiger partial charge is 0.495 e. The van der Waals surface area contributed by atoms with Gasteiger partial charge in [0.15, 0.2) is 0 Å². The van der Waals surface area contributed by atoms with Crippen LogP contribution in [0.15, 0.2) is 36.5 Å². The summed E-state index contributed by atoms with van der Waals surface area (Å²) in [5.41, 5.74) is 1.91. The van der Waals surface area contributed by atoms with Gasteiger partial charge in [0.25, 0.3) is 0 Å². The van der Waals surface area contributed by atoms with Crippen molar-refractivity contribution in [2.75, 3.05) is 29.3 Å². The van der Waals surface area contributed by atoms with Gasteiger partial charge in [-0.25, -0.2) is 14.6 Å². The van der Waals surface area contributed by atoms with Gasteiger partial charge in [0.2, 0.25) is 5.95 Å². The Kier molecular flexibility index (Phi) is 11.6. The predicted octanol–water partition coefficient (Wildman–Crippen LogP) is 7.72. The first-order chi connectivity index (χ1) is 23.8. The summed E-state index contributed by atoms with van der Waals surface area (Å²) in [4.78, 5) is 52.0. The predicted molar refractivity (Wildman–Crippen MR) is 194 cm³/mol. The molecular formula is C36H44Cl2N6O6. The summed E-state index contributed by atoms with van der Waals surface area (Å²) in [6.45, 7) is 7.51. The molecule has 0 saturated heterocycles. The number of fused-ring (bicyclic) bond motifs is 1. The van der Waals surface area contributed by atoms with Crippen molar-refractivity contribution in [2.24, 2.45) is 0 Å². The van der Waals surface area contributed by atoms with Gasteiger partial charge < -0.3 is 24.8 Å². The number of hydrogen-bond donors (Lipinski definition) is 2. The second-order valence-electron chi connectivity index (χ2n) is 13.4. The van der Waals surface area contributed by atoms with Crippen molar-refractivity contribution in [2.45, 2.75) is 97.0 Å². The smallest absolute Gasteiger partial charge is 0.407 e. The lowest BCUT2D eigenvalue weighted by molar-refractivity contribution is -0.118. The molecule has 0 radical (unpaired) electrons. The number of nitrogens with one attached hydrogen (secondary N) is 2. The number of urea groups is 1. The molecule has 50 heavy (non-hydrogen) atoms. The molecular weight excluding hydrogens is 683 g/mol. The Hall–Kier alpha value is -4.29. The first-order valence-electron chi connectivity index (χ1n) is 16.7. The van der Waals surface area contributed by atoms with Crippen LogP contribution in [-0.2, 0) is 29.0 Å². The molecule has 2 heterocycles. The molecule has 0 spiro atoms. The maximum Gasteiger partial charge on any atom is 0.407 e. The maximum atomic E-state index is 14.6. The highest BCUT2D eigenvalue weighted by molar-refractivity contribution is 6.42. The molecule has 1 aliphatic carbocycles. The number of halogens is 2. The first-order valence-corrected chi connectivity index (χ1v) is 17.5. The van der Waals surface area contributed by atoms with E-state index >= 15 is 0 Å². The van der Waals surface area contributed by atoms with Gasteiger partial charge in [-0.15, -0.1) is 0 Å². The summed E-state index contributed by atoms with van der Waals surface area (Å²) in [6, 6.07) is 8.36. The van der Waals surface area contributed by atoms with Crippen molar-refractivity contribution in [1.82, 2.24) is 15.3 Å². The van der Waals surface area contributed by atoms with Gasteiger partial charge in [-0.3, -0.25) is 14.6 Å². The van der Waals surface area contributed by atoms with Crippen molar-refractivity contribution >= 4 is 58.6 Å². The summed E-state index contributed by atoms with van der Waals surface area (Å²) in [5.74, 6) is 1.43. The first kappa shape index (κ1) is 37.0. The van der Waals surface area contributed by atoms with E-state index < -0.39 is 17.7 Å². The third kappa shape index (κ3) is 8.53. The lowest BCUT2D eigenvalue weighted by Crippen LogP contribution is -2.50. The highest BCUT2D eigenvalue weighted by Gasteiger charge is 2.37. The summed E-state index contributed by atoms with van der Waals surface area (Å²) in [5, 5.41) is 6.73. The zero-order valence-electron chi connectivity index (χ0n) is 29.3. The van der Waals surface area contributed by atoms with Crippen molar-refractivity contribution in [1.29, 1.82) is 0 Å². The fourth-order valence-corrected chi connectivity index (χ4v) is 6.89. The molecule has 1 fully saturated rings. The van der Waals surface area contributed by atoms with Crippen LogP contribution in [0, 0.1) is 0 Å². The van der Waals surface area contributed by atoms with Gasteiger partial charge in [0.05, 0.1) is 39.0 Å². The molecule has 1 aromatic heterocycles. The van der Waals surface area contributed by atoms with Crippen LogP contribution in [0.5, 0.6) is 11.5 Å². The quantitative estimate of drug-likeness (QED) is 0.204. The second kappa shape index (κ2) is 15.7. The zero-order valence-corrected chi connectivity index (χ0v) is 30.8. The highest BCUT2D eigenvalue weighted by atomic mass is 35.5. The van der Waals surface area contributed by atoms with Gasteiger partial charge in [0, 0.05) is 36.7 Å². The number of carbonyl (C=O) groups excluding carboxylic acids is 3.